The van der Waals surface area contributed by atoms with E-state index in [1.54, 1.807) is 24.5 Å². The van der Waals surface area contributed by atoms with Crippen LogP contribution in [0.3, 0.4) is 0 Å². The molecule has 10 heteroatoms. The van der Waals surface area contributed by atoms with Gasteiger partial charge >= 0.3 is 0 Å². The standard InChI is InChI=1S/C27H32F2N8/c1-16-11-31-7-6-24(16)37(2)15-21-20(17-3-4-17)13-32-14-23(21)35-26(30)18-5-8-33-25(9-18)36-27-22(29)10-19(28)12-34-27/h5,8-10,12-14,16-17,24,31H,3-4,6-7,11,15H2,1-2H3,(H2,30,35)(H,33,34,36). The fourth-order valence-corrected chi connectivity index (χ4v) is 5.01. The molecule has 8 nitrogen and oxygen atoms in total. The highest BCUT2D eigenvalue weighted by Crippen LogP contribution is 2.44. The Bertz CT molecular complexity index is 1290. The Kier molecular flexibility index (Phi) is 7.38. The van der Waals surface area contributed by atoms with E-state index >= 15 is 0 Å². The lowest BCUT2D eigenvalue weighted by molar-refractivity contribution is 0.142. The van der Waals surface area contributed by atoms with Gasteiger partial charge in [-0.2, -0.15) is 0 Å². The van der Waals surface area contributed by atoms with Crippen LogP contribution in [0.25, 0.3) is 0 Å². The Balaban J connectivity index is 1.42. The highest BCUT2D eigenvalue weighted by atomic mass is 19.1. The Morgan fingerprint density at radius 3 is 2.78 bits per heavy atom. The number of anilines is 2. The number of hydrogen-bond donors (Lipinski definition) is 3. The van der Waals surface area contributed by atoms with Crippen molar-refractivity contribution in [2.24, 2.45) is 16.6 Å². The zero-order valence-corrected chi connectivity index (χ0v) is 21.1. The van der Waals surface area contributed by atoms with Gasteiger partial charge in [-0.15, -0.1) is 0 Å². The third kappa shape index (κ3) is 5.91. The van der Waals surface area contributed by atoms with Gasteiger partial charge in [-0.25, -0.2) is 23.7 Å². The first-order valence-corrected chi connectivity index (χ1v) is 12.7. The number of nitrogens with two attached hydrogens (primary N) is 1. The Morgan fingerprint density at radius 2 is 2.03 bits per heavy atom. The molecule has 0 amide bonds. The summed E-state index contributed by atoms with van der Waals surface area (Å²) in [5, 5.41) is 6.25. The molecule has 3 aromatic rings. The Morgan fingerprint density at radius 1 is 1.19 bits per heavy atom. The van der Waals surface area contributed by atoms with E-state index in [4.69, 9.17) is 10.7 Å². The molecule has 3 aromatic heterocycles. The van der Waals surface area contributed by atoms with Crippen molar-refractivity contribution in [2.75, 3.05) is 25.5 Å². The summed E-state index contributed by atoms with van der Waals surface area (Å²) in [6.45, 7) is 5.11. The molecule has 2 aliphatic rings. The van der Waals surface area contributed by atoms with Crippen LogP contribution in [-0.4, -0.2) is 51.9 Å². The summed E-state index contributed by atoms with van der Waals surface area (Å²) in [7, 11) is 2.18. The van der Waals surface area contributed by atoms with Gasteiger partial charge in [0.15, 0.2) is 11.6 Å². The van der Waals surface area contributed by atoms with Crippen molar-refractivity contribution < 1.29 is 8.78 Å². The van der Waals surface area contributed by atoms with E-state index in [1.165, 1.54) is 11.1 Å². The van der Waals surface area contributed by atoms with Gasteiger partial charge in [0.1, 0.15) is 17.5 Å². The van der Waals surface area contributed by atoms with Crippen molar-refractivity contribution in [1.29, 1.82) is 0 Å². The van der Waals surface area contributed by atoms with Crippen LogP contribution in [0.15, 0.2) is 48.0 Å². The number of rotatable bonds is 8. The van der Waals surface area contributed by atoms with E-state index in [-0.39, 0.29) is 5.82 Å². The fourth-order valence-electron chi connectivity index (χ4n) is 5.01. The smallest absolute Gasteiger partial charge is 0.168 e. The molecule has 1 aliphatic heterocycles. The molecule has 2 fully saturated rings. The summed E-state index contributed by atoms with van der Waals surface area (Å²) in [5.41, 5.74) is 10.2. The predicted molar refractivity (Wildman–Crippen MR) is 140 cm³/mol. The maximum atomic E-state index is 14.0. The first-order valence-electron chi connectivity index (χ1n) is 12.7. The third-order valence-electron chi connectivity index (χ3n) is 7.15. The molecule has 1 aliphatic carbocycles. The number of nitrogens with one attached hydrogen (secondary N) is 2. The van der Waals surface area contributed by atoms with Crippen LogP contribution in [0.4, 0.5) is 26.1 Å². The van der Waals surface area contributed by atoms with Crippen LogP contribution in [0.1, 0.15) is 48.8 Å². The third-order valence-corrected chi connectivity index (χ3v) is 7.15. The number of amidine groups is 1. The van der Waals surface area contributed by atoms with Gasteiger partial charge < -0.3 is 16.4 Å². The lowest BCUT2D eigenvalue weighted by Crippen LogP contribution is -2.46. The first kappa shape index (κ1) is 25.2. The largest absolute Gasteiger partial charge is 0.383 e. The second-order valence-corrected chi connectivity index (χ2v) is 9.99. The van der Waals surface area contributed by atoms with Crippen LogP contribution in [0, 0.1) is 17.6 Å². The minimum atomic E-state index is -0.811. The van der Waals surface area contributed by atoms with Crippen LogP contribution >= 0.6 is 0 Å². The quantitative estimate of drug-likeness (QED) is 0.310. The van der Waals surface area contributed by atoms with E-state index < -0.39 is 11.6 Å². The molecule has 37 heavy (non-hydrogen) atoms. The van der Waals surface area contributed by atoms with E-state index in [1.807, 2.05) is 6.20 Å². The average molecular weight is 507 g/mol. The summed E-state index contributed by atoms with van der Waals surface area (Å²) in [6.07, 6.45) is 9.67. The van der Waals surface area contributed by atoms with Crippen molar-refractivity contribution in [3.05, 3.63) is 71.3 Å². The molecular formula is C27H32F2N8. The SMILES string of the molecule is CC1CNCCC1N(C)Cc1c(N=C(N)c2ccnc(Nc3ncc(F)cc3F)c2)cncc1C1CC1. The summed E-state index contributed by atoms with van der Waals surface area (Å²) < 4.78 is 27.2. The Hall–Kier alpha value is -3.50. The molecule has 2 unspecified atom stereocenters. The van der Waals surface area contributed by atoms with Gasteiger partial charge in [0, 0.05) is 36.6 Å². The molecule has 194 valence electrons. The van der Waals surface area contributed by atoms with Gasteiger partial charge in [0.05, 0.1) is 18.1 Å². The zero-order valence-electron chi connectivity index (χ0n) is 21.1. The van der Waals surface area contributed by atoms with Crippen LogP contribution in [0.5, 0.6) is 0 Å². The Labute approximate surface area is 215 Å². The van der Waals surface area contributed by atoms with E-state index in [0.717, 1.165) is 56.8 Å². The monoisotopic (exact) mass is 506 g/mol. The highest BCUT2D eigenvalue weighted by Gasteiger charge is 2.30. The molecule has 5 rings (SSSR count). The number of piperidine rings is 1. The number of nitrogens with zero attached hydrogens (tertiary/aromatic N) is 5. The minimum Gasteiger partial charge on any atom is -0.383 e. The lowest BCUT2D eigenvalue weighted by Gasteiger charge is -2.37. The summed E-state index contributed by atoms with van der Waals surface area (Å²) in [5.74, 6) is 0.0103. The first-order chi connectivity index (χ1) is 17.9. The topological polar surface area (TPSA) is 104 Å². The predicted octanol–water partition coefficient (Wildman–Crippen LogP) is 4.24. The molecular weight excluding hydrogens is 474 g/mol. The molecule has 0 spiro atoms. The molecule has 0 aromatic carbocycles. The van der Waals surface area contributed by atoms with Gasteiger partial charge in [0.2, 0.25) is 0 Å². The summed E-state index contributed by atoms with van der Waals surface area (Å²) in [6, 6.07) is 4.64. The molecule has 0 bridgehead atoms. The lowest BCUT2D eigenvalue weighted by atomic mass is 9.93. The van der Waals surface area contributed by atoms with Gasteiger partial charge in [0.25, 0.3) is 0 Å². The highest BCUT2D eigenvalue weighted by molar-refractivity contribution is 5.99. The molecule has 2 atom stereocenters. The molecule has 4 heterocycles. The van der Waals surface area contributed by atoms with Crippen LogP contribution in [0.2, 0.25) is 0 Å². The van der Waals surface area contributed by atoms with E-state index in [0.29, 0.717) is 35.1 Å². The van der Waals surface area contributed by atoms with E-state index in [9.17, 15) is 8.78 Å². The number of hydrogen-bond acceptors (Lipinski definition) is 7. The van der Waals surface area contributed by atoms with Crippen molar-refractivity contribution in [2.45, 2.75) is 44.7 Å². The summed E-state index contributed by atoms with van der Waals surface area (Å²) >= 11 is 0. The van der Waals surface area contributed by atoms with Gasteiger partial charge in [-0.1, -0.05) is 6.92 Å². The van der Waals surface area contributed by atoms with Crippen molar-refractivity contribution in [1.82, 2.24) is 25.2 Å². The van der Waals surface area contributed by atoms with Crippen molar-refractivity contribution in [3.63, 3.8) is 0 Å². The number of aliphatic imine (C=N–C) groups is 1. The molecule has 0 radical (unpaired) electrons. The fraction of sp³-hybridized carbons (Fsp3) is 0.407. The average Bonchev–Trinajstić information content (AvgIpc) is 3.72. The van der Waals surface area contributed by atoms with Gasteiger partial charge in [-0.3, -0.25) is 9.88 Å². The zero-order chi connectivity index (χ0) is 25.9. The number of halogens is 2. The molecule has 1 saturated heterocycles. The summed E-state index contributed by atoms with van der Waals surface area (Å²) in [4.78, 5) is 19.7. The molecule has 1 saturated carbocycles. The maximum absolute atomic E-state index is 14.0. The van der Waals surface area contributed by atoms with Crippen LogP contribution < -0.4 is 16.4 Å². The second kappa shape index (κ2) is 10.9. The van der Waals surface area contributed by atoms with Gasteiger partial charge in [-0.05, 0) is 74.5 Å². The number of aromatic nitrogens is 3. The number of pyridine rings is 3. The maximum Gasteiger partial charge on any atom is 0.168 e. The normalized spacial score (nSPS) is 20.3. The second-order valence-electron chi connectivity index (χ2n) is 9.99. The minimum absolute atomic E-state index is 0.125. The van der Waals surface area contributed by atoms with Crippen molar-refractivity contribution in [3.8, 4) is 0 Å². The van der Waals surface area contributed by atoms with E-state index in [2.05, 4.69) is 44.5 Å². The van der Waals surface area contributed by atoms with Crippen LogP contribution in [-0.2, 0) is 6.54 Å². The molecule has 4 N–H and O–H groups in total. The van der Waals surface area contributed by atoms with Crippen molar-refractivity contribution >= 4 is 23.2 Å².